The summed E-state index contributed by atoms with van der Waals surface area (Å²) in [6.45, 7) is 3.60. The average Bonchev–Trinajstić information content (AvgIpc) is 3.50. The van der Waals surface area contributed by atoms with Crippen LogP contribution >= 0.6 is 46.3 Å². The van der Waals surface area contributed by atoms with Gasteiger partial charge in [0.25, 0.3) is 0 Å². The Kier molecular flexibility index (Phi) is 7.55. The van der Waals surface area contributed by atoms with Crippen LogP contribution in [0.15, 0.2) is 34.8 Å². The molecule has 0 saturated carbocycles. The number of carbonyl (C=O) groups excluding carboxylic acids is 1. The van der Waals surface area contributed by atoms with Gasteiger partial charge < -0.3 is 10.1 Å². The number of rotatable bonds is 8. The third-order valence-electron chi connectivity index (χ3n) is 4.93. The predicted octanol–water partition coefficient (Wildman–Crippen LogP) is 5.79. The predicted molar refractivity (Wildman–Crippen MR) is 128 cm³/mol. The van der Waals surface area contributed by atoms with Crippen molar-refractivity contribution in [3.8, 4) is 11.4 Å². The molecule has 3 heterocycles. The lowest BCUT2D eigenvalue weighted by atomic mass is 10.2. The van der Waals surface area contributed by atoms with Gasteiger partial charge in [0.05, 0.1) is 29.1 Å². The second-order valence-corrected chi connectivity index (χ2v) is 9.95. The molecule has 0 bridgehead atoms. The fraction of sp³-hybridized carbons (Fsp3) is 0.381. The topological polar surface area (TPSA) is 69.0 Å². The van der Waals surface area contributed by atoms with E-state index in [1.165, 1.54) is 16.6 Å². The number of nitrogens with one attached hydrogen (secondary N) is 1. The molecule has 1 aliphatic rings. The Labute approximate surface area is 199 Å². The van der Waals surface area contributed by atoms with Crippen molar-refractivity contribution in [1.29, 1.82) is 0 Å². The number of aryl methyl sites for hydroxylation is 1. The number of amides is 1. The SMILES string of the molecule is CCc1cc(-c2nnc(SCC(=O)Nc3ccc(Cl)cc3Cl)n2CC2CCCO2)cs1. The van der Waals surface area contributed by atoms with Crippen LogP contribution in [-0.2, 0) is 22.5 Å². The maximum atomic E-state index is 12.5. The highest BCUT2D eigenvalue weighted by Gasteiger charge is 2.23. The molecule has 1 saturated heterocycles. The number of halogens is 2. The van der Waals surface area contributed by atoms with E-state index in [0.29, 0.717) is 27.4 Å². The maximum Gasteiger partial charge on any atom is 0.234 e. The monoisotopic (exact) mass is 496 g/mol. The molecule has 0 spiro atoms. The van der Waals surface area contributed by atoms with E-state index in [2.05, 4.69) is 38.5 Å². The van der Waals surface area contributed by atoms with Crippen molar-refractivity contribution in [2.45, 2.75) is 44.0 Å². The Morgan fingerprint density at radius 3 is 2.94 bits per heavy atom. The Morgan fingerprint density at radius 2 is 2.23 bits per heavy atom. The van der Waals surface area contributed by atoms with Crippen LogP contribution in [0.3, 0.4) is 0 Å². The number of carbonyl (C=O) groups is 1. The standard InChI is InChI=1S/C21H22Cl2N4O2S2/c1-2-16-8-13(11-30-16)20-25-26-21(27(20)10-15-4-3-7-29-15)31-12-19(28)24-18-6-5-14(22)9-17(18)23/h5-6,8-9,11,15H,2-4,7,10,12H2,1H3,(H,24,28). The van der Waals surface area contributed by atoms with Crippen LogP contribution in [0, 0.1) is 0 Å². The van der Waals surface area contributed by atoms with Gasteiger partial charge in [0.15, 0.2) is 11.0 Å². The zero-order chi connectivity index (χ0) is 21.8. The third-order valence-corrected chi connectivity index (χ3v) is 7.52. The number of nitrogens with zero attached hydrogens (tertiary/aromatic N) is 3. The molecule has 164 valence electrons. The Morgan fingerprint density at radius 1 is 1.35 bits per heavy atom. The van der Waals surface area contributed by atoms with E-state index < -0.39 is 0 Å². The summed E-state index contributed by atoms with van der Waals surface area (Å²) in [5.41, 5.74) is 1.58. The van der Waals surface area contributed by atoms with E-state index in [1.54, 1.807) is 29.5 Å². The van der Waals surface area contributed by atoms with Gasteiger partial charge in [0, 0.05) is 27.5 Å². The number of thioether (sulfide) groups is 1. The minimum absolute atomic E-state index is 0.139. The molecule has 1 aliphatic heterocycles. The van der Waals surface area contributed by atoms with E-state index >= 15 is 0 Å². The summed E-state index contributed by atoms with van der Waals surface area (Å²) in [6.07, 6.45) is 3.20. The van der Waals surface area contributed by atoms with E-state index in [1.807, 2.05) is 0 Å². The van der Waals surface area contributed by atoms with Crippen molar-refractivity contribution >= 4 is 57.9 Å². The average molecular weight is 497 g/mol. The van der Waals surface area contributed by atoms with Crippen LogP contribution in [0.1, 0.15) is 24.6 Å². The first-order valence-electron chi connectivity index (χ1n) is 10.0. The van der Waals surface area contributed by atoms with Crippen LogP contribution in [0.2, 0.25) is 10.0 Å². The smallest absolute Gasteiger partial charge is 0.234 e. The number of anilines is 1. The summed E-state index contributed by atoms with van der Waals surface area (Å²) < 4.78 is 7.91. The van der Waals surface area contributed by atoms with Gasteiger partial charge in [-0.1, -0.05) is 41.9 Å². The molecule has 0 aliphatic carbocycles. The molecule has 1 unspecified atom stereocenters. The highest BCUT2D eigenvalue weighted by molar-refractivity contribution is 7.99. The zero-order valence-corrected chi connectivity index (χ0v) is 20.1. The number of hydrogen-bond acceptors (Lipinski definition) is 6. The van der Waals surface area contributed by atoms with Crippen molar-refractivity contribution in [3.05, 3.63) is 44.6 Å². The minimum atomic E-state index is -0.175. The van der Waals surface area contributed by atoms with Crippen LogP contribution < -0.4 is 5.32 Å². The molecule has 1 aromatic carbocycles. The van der Waals surface area contributed by atoms with E-state index in [4.69, 9.17) is 27.9 Å². The minimum Gasteiger partial charge on any atom is -0.376 e. The fourth-order valence-corrected chi connectivity index (χ4v) is 5.37. The van der Waals surface area contributed by atoms with Crippen LogP contribution in [0.25, 0.3) is 11.4 Å². The molecule has 2 aromatic heterocycles. The molecule has 10 heteroatoms. The first kappa shape index (κ1) is 22.6. The summed E-state index contributed by atoms with van der Waals surface area (Å²) >= 11 is 15.1. The molecule has 1 atom stereocenters. The van der Waals surface area contributed by atoms with Gasteiger partial charge in [-0.15, -0.1) is 21.5 Å². The van der Waals surface area contributed by atoms with Crippen LogP contribution in [0.4, 0.5) is 5.69 Å². The molecular weight excluding hydrogens is 475 g/mol. The summed E-state index contributed by atoms with van der Waals surface area (Å²) in [5, 5.41) is 15.4. The summed E-state index contributed by atoms with van der Waals surface area (Å²) in [7, 11) is 0. The van der Waals surface area contributed by atoms with E-state index in [0.717, 1.165) is 37.3 Å². The van der Waals surface area contributed by atoms with E-state index in [9.17, 15) is 4.79 Å². The second-order valence-electron chi connectivity index (χ2n) is 7.17. The Balaban J connectivity index is 1.49. The summed E-state index contributed by atoms with van der Waals surface area (Å²) in [5.74, 6) is 0.827. The molecule has 6 nitrogen and oxygen atoms in total. The Bertz CT molecular complexity index is 1060. The lowest BCUT2D eigenvalue weighted by molar-refractivity contribution is -0.113. The van der Waals surface area contributed by atoms with Gasteiger partial charge in [-0.25, -0.2) is 0 Å². The maximum absolute atomic E-state index is 12.5. The quantitative estimate of drug-likeness (QED) is 0.399. The molecule has 1 N–H and O–H groups in total. The number of aromatic nitrogens is 3. The van der Waals surface area contributed by atoms with Gasteiger partial charge in [0.2, 0.25) is 5.91 Å². The van der Waals surface area contributed by atoms with Crippen LogP contribution in [-0.4, -0.2) is 39.1 Å². The van der Waals surface area contributed by atoms with Gasteiger partial charge in [-0.3, -0.25) is 9.36 Å². The number of benzene rings is 1. The van der Waals surface area contributed by atoms with Crippen molar-refractivity contribution < 1.29 is 9.53 Å². The fourth-order valence-electron chi connectivity index (χ4n) is 3.36. The third kappa shape index (κ3) is 5.62. The lowest BCUT2D eigenvalue weighted by Crippen LogP contribution is -2.18. The molecule has 0 radical (unpaired) electrons. The lowest BCUT2D eigenvalue weighted by Gasteiger charge is -2.14. The molecule has 3 aromatic rings. The van der Waals surface area contributed by atoms with Crippen molar-refractivity contribution in [2.75, 3.05) is 17.7 Å². The normalized spacial score (nSPS) is 16.0. The van der Waals surface area contributed by atoms with Gasteiger partial charge in [-0.2, -0.15) is 0 Å². The first-order chi connectivity index (χ1) is 15.0. The molecule has 31 heavy (non-hydrogen) atoms. The molecule has 1 amide bonds. The van der Waals surface area contributed by atoms with Crippen LogP contribution in [0.5, 0.6) is 0 Å². The van der Waals surface area contributed by atoms with Gasteiger partial charge in [0.1, 0.15) is 0 Å². The first-order valence-corrected chi connectivity index (χ1v) is 12.7. The van der Waals surface area contributed by atoms with Gasteiger partial charge >= 0.3 is 0 Å². The largest absolute Gasteiger partial charge is 0.376 e. The van der Waals surface area contributed by atoms with Gasteiger partial charge in [-0.05, 0) is 43.5 Å². The molecule has 1 fully saturated rings. The number of hydrogen-bond donors (Lipinski definition) is 1. The van der Waals surface area contributed by atoms with Crippen molar-refractivity contribution in [3.63, 3.8) is 0 Å². The van der Waals surface area contributed by atoms with Crippen molar-refractivity contribution in [2.24, 2.45) is 0 Å². The summed E-state index contributed by atoms with van der Waals surface area (Å²) in [6, 6.07) is 7.13. The number of thiophene rings is 1. The highest BCUT2D eigenvalue weighted by Crippen LogP contribution is 2.30. The summed E-state index contributed by atoms with van der Waals surface area (Å²) in [4.78, 5) is 13.8. The molecule has 4 rings (SSSR count). The number of ether oxygens (including phenoxy) is 1. The highest BCUT2D eigenvalue weighted by atomic mass is 35.5. The Hall–Kier alpha value is -1.58. The molecular formula is C21H22Cl2N4O2S2. The second kappa shape index (κ2) is 10.4. The van der Waals surface area contributed by atoms with E-state index in [-0.39, 0.29) is 17.8 Å². The van der Waals surface area contributed by atoms with Crippen molar-refractivity contribution in [1.82, 2.24) is 14.8 Å². The zero-order valence-electron chi connectivity index (χ0n) is 16.9.